The number of carbonyl (C=O) groups excluding carboxylic acids is 1. The molecule has 140 valence electrons. The summed E-state index contributed by atoms with van der Waals surface area (Å²) in [6.45, 7) is 1.81. The first kappa shape index (κ1) is 18.6. The Morgan fingerprint density at radius 2 is 1.78 bits per heavy atom. The Morgan fingerprint density at radius 3 is 2.44 bits per heavy atom. The van der Waals surface area contributed by atoms with Crippen molar-refractivity contribution in [2.45, 2.75) is 12.1 Å². The van der Waals surface area contributed by atoms with E-state index in [1.807, 2.05) is 41.8 Å². The third-order valence-corrected chi connectivity index (χ3v) is 5.06. The van der Waals surface area contributed by atoms with Crippen LogP contribution in [0.3, 0.4) is 0 Å². The first-order valence-corrected chi connectivity index (χ1v) is 9.00. The molecule has 0 spiro atoms. The van der Waals surface area contributed by atoms with Gasteiger partial charge in [0.1, 0.15) is 17.2 Å². The Labute approximate surface area is 158 Å². The summed E-state index contributed by atoms with van der Waals surface area (Å²) in [7, 11) is 2.72. The van der Waals surface area contributed by atoms with Gasteiger partial charge in [-0.1, -0.05) is 30.0 Å². The van der Waals surface area contributed by atoms with Crippen molar-refractivity contribution in [2.24, 2.45) is 14.1 Å². The van der Waals surface area contributed by atoms with Crippen LogP contribution in [0.25, 0.3) is 5.69 Å². The van der Waals surface area contributed by atoms with Gasteiger partial charge in [0.2, 0.25) is 0 Å². The van der Waals surface area contributed by atoms with Crippen molar-refractivity contribution in [1.82, 2.24) is 23.9 Å². The van der Waals surface area contributed by atoms with Gasteiger partial charge in [-0.2, -0.15) is 0 Å². The number of hydrogen-bond acceptors (Lipinski definition) is 7. The zero-order chi connectivity index (χ0) is 19.7. The van der Waals surface area contributed by atoms with Crippen LogP contribution in [0.15, 0.2) is 45.1 Å². The van der Waals surface area contributed by atoms with E-state index < -0.39 is 17.0 Å². The lowest BCUT2D eigenvalue weighted by Crippen LogP contribution is -2.41. The van der Waals surface area contributed by atoms with Crippen molar-refractivity contribution < 1.29 is 4.79 Å². The molecule has 2 heterocycles. The van der Waals surface area contributed by atoms with Gasteiger partial charge in [-0.25, -0.2) is 4.79 Å². The van der Waals surface area contributed by atoms with E-state index in [0.29, 0.717) is 11.0 Å². The van der Waals surface area contributed by atoms with E-state index in [-0.39, 0.29) is 17.1 Å². The van der Waals surface area contributed by atoms with Crippen LogP contribution in [0.1, 0.15) is 16.2 Å². The highest BCUT2D eigenvalue weighted by Gasteiger charge is 2.21. The molecule has 0 amide bonds. The van der Waals surface area contributed by atoms with Crippen LogP contribution >= 0.6 is 11.8 Å². The lowest BCUT2D eigenvalue weighted by atomic mass is 10.2. The molecule has 0 saturated heterocycles. The number of nitrogens with two attached hydrogens (primary N) is 1. The Balaban J connectivity index is 1.91. The van der Waals surface area contributed by atoms with E-state index in [1.165, 1.54) is 14.1 Å². The Kier molecular flexibility index (Phi) is 5.00. The summed E-state index contributed by atoms with van der Waals surface area (Å²) in [4.78, 5) is 36.8. The van der Waals surface area contributed by atoms with E-state index in [1.54, 1.807) is 0 Å². The molecule has 0 atom stereocenters. The van der Waals surface area contributed by atoms with Crippen LogP contribution < -0.4 is 17.0 Å². The smallest absolute Gasteiger partial charge is 0.332 e. The highest BCUT2D eigenvalue weighted by atomic mass is 32.2. The van der Waals surface area contributed by atoms with Crippen LogP contribution in [0.4, 0.5) is 5.82 Å². The Bertz CT molecular complexity index is 1130. The molecule has 0 aliphatic rings. The molecule has 0 aliphatic carbocycles. The fraction of sp³-hybridized carbons (Fsp3) is 0.235. The average molecular weight is 386 g/mol. The van der Waals surface area contributed by atoms with Crippen LogP contribution in [0.5, 0.6) is 0 Å². The quantitative estimate of drug-likeness (QED) is 0.502. The van der Waals surface area contributed by atoms with Crippen molar-refractivity contribution in [3.63, 3.8) is 0 Å². The molecule has 3 aromatic rings. The lowest BCUT2D eigenvalue weighted by Gasteiger charge is -2.11. The standard InChI is InChI=1S/C17H18N6O3S/c1-10-19-20-16(23(10)11-7-5-4-6-8-11)27-9-12(24)13-14(18)21(2)17(26)22(3)15(13)25/h4-8H,9,18H2,1-3H3. The summed E-state index contributed by atoms with van der Waals surface area (Å²) >= 11 is 1.15. The maximum atomic E-state index is 12.6. The van der Waals surface area contributed by atoms with Gasteiger partial charge in [-0.3, -0.25) is 23.3 Å². The van der Waals surface area contributed by atoms with E-state index in [2.05, 4.69) is 10.2 Å². The first-order valence-electron chi connectivity index (χ1n) is 8.01. The van der Waals surface area contributed by atoms with E-state index in [9.17, 15) is 14.4 Å². The Hall–Kier alpha value is -3.14. The largest absolute Gasteiger partial charge is 0.384 e. The fourth-order valence-electron chi connectivity index (χ4n) is 2.64. The molecule has 0 saturated carbocycles. The molecule has 10 heteroatoms. The monoisotopic (exact) mass is 386 g/mol. The number of carbonyl (C=O) groups is 1. The lowest BCUT2D eigenvalue weighted by molar-refractivity contribution is 0.102. The number of hydrogen-bond donors (Lipinski definition) is 1. The summed E-state index contributed by atoms with van der Waals surface area (Å²) in [5.74, 6) is -0.0140. The molecule has 0 fully saturated rings. The first-order chi connectivity index (χ1) is 12.8. The van der Waals surface area contributed by atoms with Crippen molar-refractivity contribution in [3.05, 3.63) is 62.6 Å². The highest BCUT2D eigenvalue weighted by Crippen LogP contribution is 2.22. The van der Waals surface area contributed by atoms with E-state index in [0.717, 1.165) is 26.6 Å². The van der Waals surface area contributed by atoms with Crippen LogP contribution in [-0.4, -0.2) is 35.4 Å². The zero-order valence-corrected chi connectivity index (χ0v) is 15.9. The number of benzene rings is 1. The normalized spacial score (nSPS) is 10.9. The second-order valence-corrected chi connectivity index (χ2v) is 6.82. The molecule has 0 bridgehead atoms. The number of aryl methyl sites for hydroxylation is 1. The maximum absolute atomic E-state index is 12.6. The minimum absolute atomic E-state index is 0.0669. The van der Waals surface area contributed by atoms with Crippen LogP contribution in [-0.2, 0) is 14.1 Å². The molecule has 27 heavy (non-hydrogen) atoms. The molecule has 0 unspecified atom stereocenters. The third kappa shape index (κ3) is 3.31. The van der Waals surface area contributed by atoms with E-state index in [4.69, 9.17) is 5.73 Å². The number of Topliss-reactive ketones (excluding diaryl/α,β-unsaturated/α-hetero) is 1. The van der Waals surface area contributed by atoms with Crippen LogP contribution in [0.2, 0.25) is 0 Å². The summed E-state index contributed by atoms with van der Waals surface area (Å²) in [5.41, 5.74) is 5.21. The topological polar surface area (TPSA) is 118 Å². The third-order valence-electron chi connectivity index (χ3n) is 4.13. The van der Waals surface area contributed by atoms with Crippen molar-refractivity contribution in [3.8, 4) is 5.69 Å². The molecule has 0 radical (unpaired) electrons. The molecule has 9 nitrogen and oxygen atoms in total. The molecular weight excluding hydrogens is 368 g/mol. The SMILES string of the molecule is Cc1nnc(SCC(=O)c2c(N)n(C)c(=O)n(C)c2=O)n1-c1ccccc1. The molecule has 2 N–H and O–H groups in total. The van der Waals surface area contributed by atoms with Crippen molar-refractivity contribution >= 4 is 23.4 Å². The number of para-hydroxylation sites is 1. The number of rotatable bonds is 5. The van der Waals surface area contributed by atoms with Gasteiger partial charge in [-0.15, -0.1) is 10.2 Å². The number of anilines is 1. The van der Waals surface area contributed by atoms with Gasteiger partial charge >= 0.3 is 5.69 Å². The minimum atomic E-state index is -0.707. The summed E-state index contributed by atoms with van der Waals surface area (Å²) in [6, 6.07) is 9.50. The zero-order valence-electron chi connectivity index (χ0n) is 15.0. The minimum Gasteiger partial charge on any atom is -0.384 e. The highest BCUT2D eigenvalue weighted by molar-refractivity contribution is 7.99. The number of thioether (sulfide) groups is 1. The van der Waals surface area contributed by atoms with E-state index >= 15 is 0 Å². The molecular formula is C17H18N6O3S. The van der Waals surface area contributed by atoms with Gasteiger partial charge in [0.05, 0.1) is 5.75 Å². The maximum Gasteiger partial charge on any atom is 0.332 e. The average Bonchev–Trinajstić information content (AvgIpc) is 3.04. The fourth-order valence-corrected chi connectivity index (χ4v) is 3.50. The number of nitrogen functional groups attached to an aromatic ring is 1. The number of nitrogens with zero attached hydrogens (tertiary/aromatic N) is 5. The van der Waals surface area contributed by atoms with Gasteiger partial charge in [0.15, 0.2) is 10.9 Å². The van der Waals surface area contributed by atoms with Crippen LogP contribution in [0, 0.1) is 6.92 Å². The van der Waals surface area contributed by atoms with Gasteiger partial charge in [0.25, 0.3) is 5.56 Å². The molecule has 1 aromatic carbocycles. The predicted molar refractivity (Wildman–Crippen MR) is 102 cm³/mol. The second kappa shape index (κ2) is 7.23. The second-order valence-electron chi connectivity index (χ2n) is 5.88. The van der Waals surface area contributed by atoms with Gasteiger partial charge in [0, 0.05) is 19.8 Å². The Morgan fingerprint density at radius 1 is 1.11 bits per heavy atom. The summed E-state index contributed by atoms with van der Waals surface area (Å²) in [6.07, 6.45) is 0. The number of aromatic nitrogens is 5. The van der Waals surface area contributed by atoms with Gasteiger partial charge in [-0.05, 0) is 19.1 Å². The van der Waals surface area contributed by atoms with Crippen molar-refractivity contribution in [1.29, 1.82) is 0 Å². The molecule has 0 aliphatic heterocycles. The number of ketones is 1. The summed E-state index contributed by atoms with van der Waals surface area (Å²) < 4.78 is 3.76. The molecule has 2 aromatic heterocycles. The predicted octanol–water partition coefficient (Wildman–Crippen LogP) is 0.530. The van der Waals surface area contributed by atoms with Gasteiger partial charge < -0.3 is 5.73 Å². The van der Waals surface area contributed by atoms with Crippen molar-refractivity contribution in [2.75, 3.05) is 11.5 Å². The molecule has 3 rings (SSSR count). The summed E-state index contributed by atoms with van der Waals surface area (Å²) in [5, 5.41) is 8.69.